The number of nitrogens with two attached hydrogens (primary N) is 1. The summed E-state index contributed by atoms with van der Waals surface area (Å²) >= 11 is 6.10. The van der Waals surface area contributed by atoms with Crippen molar-refractivity contribution in [2.45, 2.75) is 19.4 Å². The van der Waals surface area contributed by atoms with E-state index in [0.29, 0.717) is 17.3 Å². The first-order chi connectivity index (χ1) is 7.48. The molecule has 4 heteroatoms. The highest BCUT2D eigenvalue weighted by Gasteiger charge is 2.27. The second kappa shape index (κ2) is 5.04. The maximum absolute atomic E-state index is 6.10. The van der Waals surface area contributed by atoms with Crippen molar-refractivity contribution >= 4 is 11.6 Å². The molecule has 1 aromatic carbocycles. The first-order valence-corrected chi connectivity index (χ1v) is 5.46. The van der Waals surface area contributed by atoms with Gasteiger partial charge in [-0.15, -0.1) is 0 Å². The van der Waals surface area contributed by atoms with E-state index in [-0.39, 0.29) is 0 Å². The van der Waals surface area contributed by atoms with E-state index in [1.807, 2.05) is 26.0 Å². The largest absolute Gasteiger partial charge is 0.495 e. The number of hydrogen-bond acceptors (Lipinski definition) is 3. The first-order valence-electron chi connectivity index (χ1n) is 5.08. The fraction of sp³-hybridized carbons (Fsp3) is 0.500. The van der Waals surface area contributed by atoms with Gasteiger partial charge < -0.3 is 15.2 Å². The van der Waals surface area contributed by atoms with Gasteiger partial charge in [-0.25, -0.2) is 0 Å². The van der Waals surface area contributed by atoms with E-state index in [2.05, 4.69) is 0 Å². The van der Waals surface area contributed by atoms with Crippen molar-refractivity contribution < 1.29 is 9.47 Å². The number of methoxy groups -OCH3 is 2. The average Bonchev–Trinajstić information content (AvgIpc) is 2.30. The molecule has 0 bridgehead atoms. The van der Waals surface area contributed by atoms with Crippen molar-refractivity contribution in [3.05, 3.63) is 28.3 Å². The molecule has 1 aromatic rings. The Bertz CT molecular complexity index is 376. The molecule has 1 atom stereocenters. The molecule has 3 nitrogen and oxygen atoms in total. The molecule has 0 aromatic heterocycles. The maximum atomic E-state index is 6.10. The third kappa shape index (κ3) is 2.32. The molecule has 0 aliphatic heterocycles. The van der Waals surface area contributed by atoms with Crippen molar-refractivity contribution in [3.8, 4) is 5.75 Å². The summed E-state index contributed by atoms with van der Waals surface area (Å²) in [6.45, 7) is 4.33. The summed E-state index contributed by atoms with van der Waals surface area (Å²) in [5.74, 6) is 0.665. The summed E-state index contributed by atoms with van der Waals surface area (Å²) in [5.41, 5.74) is 7.27. The van der Waals surface area contributed by atoms with Crippen molar-refractivity contribution in [1.29, 1.82) is 0 Å². The van der Waals surface area contributed by atoms with Gasteiger partial charge in [-0.05, 0) is 37.1 Å². The van der Waals surface area contributed by atoms with Crippen LogP contribution in [0.5, 0.6) is 5.75 Å². The second-order valence-corrected chi connectivity index (χ2v) is 4.35. The van der Waals surface area contributed by atoms with Crippen LogP contribution in [0.25, 0.3) is 0 Å². The quantitative estimate of drug-likeness (QED) is 0.884. The third-order valence-corrected chi connectivity index (χ3v) is 3.20. The maximum Gasteiger partial charge on any atom is 0.137 e. The van der Waals surface area contributed by atoms with Crippen LogP contribution in [-0.4, -0.2) is 20.8 Å². The Morgan fingerprint density at radius 1 is 1.38 bits per heavy atom. The molecular weight excluding hydrogens is 226 g/mol. The van der Waals surface area contributed by atoms with Crippen molar-refractivity contribution in [2.75, 3.05) is 20.8 Å². The summed E-state index contributed by atoms with van der Waals surface area (Å²) < 4.78 is 10.6. The van der Waals surface area contributed by atoms with E-state index >= 15 is 0 Å². The molecule has 16 heavy (non-hydrogen) atoms. The van der Waals surface area contributed by atoms with Crippen LogP contribution in [0.15, 0.2) is 12.1 Å². The van der Waals surface area contributed by atoms with E-state index in [4.69, 9.17) is 26.8 Å². The second-order valence-electron chi connectivity index (χ2n) is 3.94. The summed E-state index contributed by atoms with van der Waals surface area (Å²) in [6.07, 6.45) is 0. The molecule has 0 fully saturated rings. The number of aryl methyl sites for hydroxylation is 1. The zero-order valence-electron chi connectivity index (χ0n) is 10.1. The topological polar surface area (TPSA) is 44.5 Å². The van der Waals surface area contributed by atoms with Crippen LogP contribution in [0, 0.1) is 6.92 Å². The first kappa shape index (κ1) is 13.3. The number of hydrogen-bond donors (Lipinski definition) is 1. The van der Waals surface area contributed by atoms with Crippen LogP contribution in [0.3, 0.4) is 0 Å². The van der Waals surface area contributed by atoms with E-state index in [9.17, 15) is 0 Å². The van der Waals surface area contributed by atoms with Gasteiger partial charge in [-0.3, -0.25) is 0 Å². The number of rotatable bonds is 4. The van der Waals surface area contributed by atoms with Gasteiger partial charge in [0, 0.05) is 13.7 Å². The van der Waals surface area contributed by atoms with Crippen molar-refractivity contribution in [2.24, 2.45) is 5.73 Å². The molecule has 90 valence electrons. The lowest BCUT2D eigenvalue weighted by atomic mass is 9.91. The summed E-state index contributed by atoms with van der Waals surface area (Å²) in [7, 11) is 3.24. The SMILES string of the molecule is COc1cc(C)c(C(C)(CN)OC)cc1Cl. The van der Waals surface area contributed by atoms with Gasteiger partial charge in [0.05, 0.1) is 12.1 Å². The van der Waals surface area contributed by atoms with Gasteiger partial charge >= 0.3 is 0 Å². The van der Waals surface area contributed by atoms with E-state index in [1.165, 1.54) is 0 Å². The number of halogens is 1. The Morgan fingerprint density at radius 3 is 2.44 bits per heavy atom. The van der Waals surface area contributed by atoms with Crippen molar-refractivity contribution in [1.82, 2.24) is 0 Å². The predicted molar refractivity (Wildman–Crippen MR) is 66.2 cm³/mol. The van der Waals surface area contributed by atoms with E-state index in [0.717, 1.165) is 11.1 Å². The van der Waals surface area contributed by atoms with Crippen LogP contribution < -0.4 is 10.5 Å². The molecule has 2 N–H and O–H groups in total. The summed E-state index contributed by atoms with van der Waals surface area (Å²) in [5, 5.41) is 0.569. The lowest BCUT2D eigenvalue weighted by Gasteiger charge is -2.29. The van der Waals surface area contributed by atoms with Crippen LogP contribution in [0.1, 0.15) is 18.1 Å². The van der Waals surface area contributed by atoms with Gasteiger partial charge in [0.2, 0.25) is 0 Å². The smallest absolute Gasteiger partial charge is 0.137 e. The Balaban J connectivity index is 3.30. The van der Waals surface area contributed by atoms with Gasteiger partial charge in [-0.2, -0.15) is 0 Å². The molecule has 0 spiro atoms. The van der Waals surface area contributed by atoms with Crippen LogP contribution in [0.4, 0.5) is 0 Å². The lowest BCUT2D eigenvalue weighted by molar-refractivity contribution is 0.00954. The highest BCUT2D eigenvalue weighted by molar-refractivity contribution is 6.32. The van der Waals surface area contributed by atoms with Crippen LogP contribution in [-0.2, 0) is 10.3 Å². The Labute approximate surface area is 101 Å². The lowest BCUT2D eigenvalue weighted by Crippen LogP contribution is -2.34. The van der Waals surface area contributed by atoms with Gasteiger partial charge in [0.25, 0.3) is 0 Å². The summed E-state index contributed by atoms with van der Waals surface area (Å²) in [6, 6.07) is 3.75. The molecule has 0 aliphatic rings. The third-order valence-electron chi connectivity index (χ3n) is 2.91. The Hall–Kier alpha value is -0.770. The molecule has 1 rings (SSSR count). The average molecular weight is 244 g/mol. The van der Waals surface area contributed by atoms with Crippen molar-refractivity contribution in [3.63, 3.8) is 0 Å². The Morgan fingerprint density at radius 2 is 2.00 bits per heavy atom. The highest BCUT2D eigenvalue weighted by Crippen LogP contribution is 2.34. The molecule has 0 saturated carbocycles. The van der Waals surface area contributed by atoms with Crippen LogP contribution >= 0.6 is 11.6 Å². The minimum absolute atomic E-state index is 0.396. The van der Waals surface area contributed by atoms with Gasteiger partial charge in [0.1, 0.15) is 11.4 Å². The normalized spacial score (nSPS) is 14.6. The standard InChI is InChI=1S/C12H18ClNO2/c1-8-5-11(15-3)10(13)6-9(8)12(2,7-14)16-4/h5-6H,7,14H2,1-4H3. The van der Waals surface area contributed by atoms with Gasteiger partial charge in [-0.1, -0.05) is 11.6 Å². The number of ether oxygens (including phenoxy) is 2. The Kier molecular flexibility index (Phi) is 4.19. The van der Waals surface area contributed by atoms with Crippen LogP contribution in [0.2, 0.25) is 5.02 Å². The highest BCUT2D eigenvalue weighted by atomic mass is 35.5. The molecule has 0 radical (unpaired) electrons. The minimum atomic E-state index is -0.514. The molecule has 0 saturated heterocycles. The molecule has 0 heterocycles. The minimum Gasteiger partial charge on any atom is -0.495 e. The summed E-state index contributed by atoms with van der Waals surface area (Å²) in [4.78, 5) is 0. The zero-order chi connectivity index (χ0) is 12.3. The molecule has 0 aliphatic carbocycles. The van der Waals surface area contributed by atoms with E-state index in [1.54, 1.807) is 14.2 Å². The monoisotopic (exact) mass is 243 g/mol. The number of benzene rings is 1. The van der Waals surface area contributed by atoms with Gasteiger partial charge in [0.15, 0.2) is 0 Å². The zero-order valence-corrected chi connectivity index (χ0v) is 10.9. The molecule has 0 amide bonds. The van der Waals surface area contributed by atoms with E-state index < -0.39 is 5.60 Å². The molecule has 1 unspecified atom stereocenters. The fourth-order valence-electron chi connectivity index (χ4n) is 1.68. The predicted octanol–water partition coefficient (Wildman–Crippen LogP) is 2.48. The molecular formula is C12H18ClNO2. The fourth-order valence-corrected chi connectivity index (χ4v) is 1.93.